The minimum atomic E-state index is 0.435. The average molecular weight is 166 g/mol. The first kappa shape index (κ1) is 7.65. The molecule has 0 bridgehead atoms. The lowest BCUT2D eigenvalue weighted by molar-refractivity contribution is 0.418. The third-order valence-electron chi connectivity index (χ3n) is 2.66. The molecule has 0 amide bonds. The lowest BCUT2D eigenvalue weighted by atomic mass is 10.0. The van der Waals surface area contributed by atoms with Crippen LogP contribution in [0.15, 0.2) is 10.6 Å². The summed E-state index contributed by atoms with van der Waals surface area (Å²) in [5, 5.41) is 3.93. The van der Waals surface area contributed by atoms with Crippen molar-refractivity contribution in [3.63, 3.8) is 0 Å². The Kier molecular flexibility index (Phi) is 1.79. The van der Waals surface area contributed by atoms with Gasteiger partial charge in [0.25, 0.3) is 0 Å². The zero-order valence-electron chi connectivity index (χ0n) is 7.29. The molecule has 1 fully saturated rings. The molecular formula is C9H14N2O. The molecule has 3 heteroatoms. The van der Waals surface area contributed by atoms with Crippen LogP contribution in [0.4, 0.5) is 5.88 Å². The van der Waals surface area contributed by atoms with Crippen molar-refractivity contribution in [3.8, 4) is 0 Å². The van der Waals surface area contributed by atoms with Crippen LogP contribution in [0.3, 0.4) is 0 Å². The number of rotatable bonds is 1. The van der Waals surface area contributed by atoms with E-state index in [0.29, 0.717) is 11.8 Å². The number of nitrogens with two attached hydrogens (primary N) is 1. The van der Waals surface area contributed by atoms with Gasteiger partial charge in [-0.05, 0) is 18.8 Å². The van der Waals surface area contributed by atoms with E-state index in [2.05, 4.69) is 12.1 Å². The van der Waals surface area contributed by atoms with E-state index < -0.39 is 0 Å². The van der Waals surface area contributed by atoms with E-state index in [-0.39, 0.29) is 0 Å². The maximum atomic E-state index is 5.45. The van der Waals surface area contributed by atoms with E-state index in [4.69, 9.17) is 10.3 Å². The molecule has 2 N–H and O–H groups in total. The minimum Gasteiger partial charge on any atom is -0.368 e. The monoisotopic (exact) mass is 166 g/mol. The smallest absolute Gasteiger partial charge is 0.222 e. The Bertz CT molecular complexity index is 269. The lowest BCUT2D eigenvalue weighted by Gasteiger charge is -2.02. The zero-order chi connectivity index (χ0) is 8.55. The van der Waals surface area contributed by atoms with Gasteiger partial charge < -0.3 is 10.3 Å². The van der Waals surface area contributed by atoms with Crippen molar-refractivity contribution in [2.24, 2.45) is 5.92 Å². The van der Waals surface area contributed by atoms with E-state index in [0.717, 1.165) is 11.6 Å². The maximum Gasteiger partial charge on any atom is 0.222 e. The summed E-state index contributed by atoms with van der Waals surface area (Å²) in [4.78, 5) is 0. The minimum absolute atomic E-state index is 0.435. The van der Waals surface area contributed by atoms with E-state index in [1.807, 2.05) is 6.07 Å². The molecule has 1 aliphatic carbocycles. The Morgan fingerprint density at radius 2 is 2.42 bits per heavy atom. The predicted molar refractivity (Wildman–Crippen MR) is 46.7 cm³/mol. The van der Waals surface area contributed by atoms with Gasteiger partial charge >= 0.3 is 0 Å². The fraction of sp³-hybridized carbons (Fsp3) is 0.667. The van der Waals surface area contributed by atoms with Crippen molar-refractivity contribution in [2.75, 3.05) is 5.73 Å². The van der Waals surface area contributed by atoms with Crippen LogP contribution in [0, 0.1) is 5.92 Å². The molecule has 0 spiro atoms. The molecule has 3 nitrogen and oxygen atoms in total. The third kappa shape index (κ3) is 1.31. The molecule has 0 saturated heterocycles. The fourth-order valence-electron chi connectivity index (χ4n) is 1.97. The van der Waals surface area contributed by atoms with Crippen LogP contribution < -0.4 is 5.73 Å². The van der Waals surface area contributed by atoms with Crippen LogP contribution in [0.5, 0.6) is 0 Å². The maximum absolute atomic E-state index is 5.45. The third-order valence-corrected chi connectivity index (χ3v) is 2.66. The molecule has 1 aromatic heterocycles. The van der Waals surface area contributed by atoms with Crippen LogP contribution in [0.1, 0.15) is 37.8 Å². The van der Waals surface area contributed by atoms with Gasteiger partial charge in [-0.1, -0.05) is 18.5 Å². The number of nitrogen functional groups attached to an aromatic ring is 1. The van der Waals surface area contributed by atoms with E-state index >= 15 is 0 Å². The summed E-state index contributed by atoms with van der Waals surface area (Å²) in [5.41, 5.74) is 6.49. The lowest BCUT2D eigenvalue weighted by Crippen LogP contribution is -1.92. The van der Waals surface area contributed by atoms with Crippen molar-refractivity contribution in [2.45, 2.75) is 32.1 Å². The predicted octanol–water partition coefficient (Wildman–Crippen LogP) is 2.16. The van der Waals surface area contributed by atoms with Crippen LogP contribution in [-0.4, -0.2) is 5.16 Å². The normalized spacial score (nSPS) is 29.4. The molecule has 12 heavy (non-hydrogen) atoms. The first-order valence-corrected chi connectivity index (χ1v) is 4.48. The summed E-state index contributed by atoms with van der Waals surface area (Å²) in [6.45, 7) is 2.28. The molecule has 2 atom stereocenters. The molecule has 0 radical (unpaired) electrons. The summed E-state index contributed by atoms with van der Waals surface area (Å²) in [5.74, 6) is 1.85. The Labute approximate surface area is 71.9 Å². The number of aromatic nitrogens is 1. The van der Waals surface area contributed by atoms with Crippen molar-refractivity contribution >= 4 is 5.88 Å². The highest BCUT2D eigenvalue weighted by atomic mass is 16.5. The number of hydrogen-bond donors (Lipinski definition) is 1. The van der Waals surface area contributed by atoms with Crippen LogP contribution in [0.2, 0.25) is 0 Å². The second-order valence-electron chi connectivity index (χ2n) is 3.77. The second kappa shape index (κ2) is 2.81. The van der Waals surface area contributed by atoms with Gasteiger partial charge in [0.2, 0.25) is 5.88 Å². The SMILES string of the molecule is C[C@@H]1CC[C@H](c2cc(N)on2)C1. The van der Waals surface area contributed by atoms with Gasteiger partial charge in [-0.3, -0.25) is 0 Å². The first-order chi connectivity index (χ1) is 5.75. The average Bonchev–Trinajstić information content (AvgIpc) is 2.58. The highest BCUT2D eigenvalue weighted by molar-refractivity contribution is 5.26. The topological polar surface area (TPSA) is 52.0 Å². The van der Waals surface area contributed by atoms with Gasteiger partial charge in [-0.15, -0.1) is 0 Å². The van der Waals surface area contributed by atoms with E-state index in [9.17, 15) is 0 Å². The molecular weight excluding hydrogens is 152 g/mol. The quantitative estimate of drug-likeness (QED) is 0.695. The zero-order valence-corrected chi connectivity index (χ0v) is 7.29. The van der Waals surface area contributed by atoms with Crippen LogP contribution >= 0.6 is 0 Å². The molecule has 2 rings (SSSR count). The van der Waals surface area contributed by atoms with Gasteiger partial charge in [0.1, 0.15) is 0 Å². The summed E-state index contributed by atoms with van der Waals surface area (Å²) in [7, 11) is 0. The van der Waals surface area contributed by atoms with Gasteiger partial charge in [0, 0.05) is 12.0 Å². The molecule has 0 aromatic carbocycles. The van der Waals surface area contributed by atoms with Crippen molar-refractivity contribution in [1.82, 2.24) is 5.16 Å². The van der Waals surface area contributed by atoms with Gasteiger partial charge in [-0.25, -0.2) is 0 Å². The Balaban J connectivity index is 2.11. The molecule has 0 aliphatic heterocycles. The molecule has 1 aliphatic rings. The molecule has 0 unspecified atom stereocenters. The Hall–Kier alpha value is -0.990. The van der Waals surface area contributed by atoms with E-state index in [1.165, 1.54) is 19.3 Å². The first-order valence-electron chi connectivity index (χ1n) is 4.48. The summed E-state index contributed by atoms with van der Waals surface area (Å²) in [6.07, 6.45) is 3.76. The summed E-state index contributed by atoms with van der Waals surface area (Å²) < 4.78 is 4.84. The highest BCUT2D eigenvalue weighted by Gasteiger charge is 2.25. The van der Waals surface area contributed by atoms with Crippen molar-refractivity contribution in [1.29, 1.82) is 0 Å². The standard InChI is InChI=1S/C9H14N2O/c1-6-2-3-7(4-6)8-5-9(10)12-11-8/h5-7H,2-4,10H2,1H3/t6-,7+/m1/s1. The van der Waals surface area contributed by atoms with Gasteiger partial charge in [0.15, 0.2) is 0 Å². The van der Waals surface area contributed by atoms with Crippen LogP contribution in [0.25, 0.3) is 0 Å². The molecule has 1 heterocycles. The number of nitrogens with zero attached hydrogens (tertiary/aromatic N) is 1. The van der Waals surface area contributed by atoms with Crippen molar-refractivity contribution in [3.05, 3.63) is 11.8 Å². The molecule has 66 valence electrons. The Morgan fingerprint density at radius 1 is 1.58 bits per heavy atom. The van der Waals surface area contributed by atoms with Crippen molar-refractivity contribution < 1.29 is 4.52 Å². The summed E-state index contributed by atoms with van der Waals surface area (Å²) >= 11 is 0. The molecule has 1 aromatic rings. The highest BCUT2D eigenvalue weighted by Crippen LogP contribution is 2.37. The van der Waals surface area contributed by atoms with Gasteiger partial charge in [-0.2, -0.15) is 0 Å². The molecule has 1 saturated carbocycles. The van der Waals surface area contributed by atoms with Crippen LogP contribution in [-0.2, 0) is 0 Å². The summed E-state index contributed by atoms with van der Waals surface area (Å²) in [6, 6.07) is 1.85. The fourth-order valence-corrected chi connectivity index (χ4v) is 1.97. The Morgan fingerprint density at radius 3 is 2.92 bits per heavy atom. The number of hydrogen-bond acceptors (Lipinski definition) is 3. The number of anilines is 1. The second-order valence-corrected chi connectivity index (χ2v) is 3.77. The largest absolute Gasteiger partial charge is 0.368 e. The van der Waals surface area contributed by atoms with E-state index in [1.54, 1.807) is 0 Å². The van der Waals surface area contributed by atoms with Gasteiger partial charge in [0.05, 0.1) is 5.69 Å².